The summed E-state index contributed by atoms with van der Waals surface area (Å²) in [6.07, 6.45) is 4.42. The van der Waals surface area contributed by atoms with Crippen LogP contribution in [0, 0.1) is 25.2 Å². The maximum atomic E-state index is 12.1. The molecule has 0 unspecified atom stereocenters. The van der Waals surface area contributed by atoms with Gasteiger partial charge in [0, 0.05) is 42.6 Å². The Labute approximate surface area is 147 Å². The molecule has 0 spiro atoms. The number of carbonyl (C=O) groups is 1. The van der Waals surface area contributed by atoms with Gasteiger partial charge >= 0.3 is 0 Å². The summed E-state index contributed by atoms with van der Waals surface area (Å²) in [7, 11) is 1.88. The molecule has 6 heteroatoms. The third-order valence-corrected chi connectivity index (χ3v) is 3.77. The first kappa shape index (κ1) is 18.3. The van der Waals surface area contributed by atoms with Crippen molar-refractivity contribution in [3.63, 3.8) is 0 Å². The molecule has 0 aliphatic rings. The molecule has 1 amide bonds. The van der Waals surface area contributed by atoms with E-state index in [1.54, 1.807) is 22.9 Å². The van der Waals surface area contributed by atoms with Gasteiger partial charge in [-0.1, -0.05) is 6.07 Å². The fraction of sp³-hybridized carbons (Fsp3) is 0.316. The maximum absolute atomic E-state index is 12.1. The number of nitrogens with one attached hydrogen (secondary N) is 1. The lowest BCUT2D eigenvalue weighted by Gasteiger charge is -2.07. The van der Waals surface area contributed by atoms with Crippen LogP contribution in [0.5, 0.6) is 5.75 Å². The summed E-state index contributed by atoms with van der Waals surface area (Å²) in [5, 5.41) is 15.6. The van der Waals surface area contributed by atoms with Gasteiger partial charge < -0.3 is 10.1 Å². The molecule has 1 aromatic carbocycles. The molecule has 6 nitrogen and oxygen atoms in total. The van der Waals surface area contributed by atoms with Crippen LogP contribution in [0.25, 0.3) is 6.08 Å². The van der Waals surface area contributed by atoms with Crippen LogP contribution >= 0.6 is 0 Å². The first-order valence-corrected chi connectivity index (χ1v) is 8.10. The van der Waals surface area contributed by atoms with Crippen LogP contribution in [0.1, 0.15) is 29.8 Å². The SMILES string of the molecule is Cc1nn(C)c(C)c1/C=C/C(=O)Nc1cccc(OCCCC#N)c1. The third kappa shape index (κ3) is 5.21. The largest absolute Gasteiger partial charge is 0.493 e. The van der Waals surface area contributed by atoms with Crippen molar-refractivity contribution < 1.29 is 9.53 Å². The minimum atomic E-state index is -0.218. The summed E-state index contributed by atoms with van der Waals surface area (Å²) in [5.41, 5.74) is 3.51. The van der Waals surface area contributed by atoms with Gasteiger partial charge in [-0.25, -0.2) is 0 Å². The summed E-state index contributed by atoms with van der Waals surface area (Å²) in [4.78, 5) is 12.1. The van der Waals surface area contributed by atoms with Crippen molar-refractivity contribution in [2.75, 3.05) is 11.9 Å². The van der Waals surface area contributed by atoms with Gasteiger partial charge in [-0.15, -0.1) is 0 Å². The standard InChI is InChI=1S/C19H22N4O2/c1-14-18(15(2)23(3)22-14)9-10-19(24)21-16-7-6-8-17(13-16)25-12-5-4-11-20/h6-10,13H,4-5,12H2,1-3H3,(H,21,24)/b10-9+. The van der Waals surface area contributed by atoms with Crippen LogP contribution in [-0.2, 0) is 11.8 Å². The number of ether oxygens (including phenoxy) is 1. The Morgan fingerprint density at radius 1 is 1.44 bits per heavy atom. The van der Waals surface area contributed by atoms with Crippen LogP contribution in [0.3, 0.4) is 0 Å². The van der Waals surface area contributed by atoms with Gasteiger partial charge in [-0.05, 0) is 38.5 Å². The summed E-state index contributed by atoms with van der Waals surface area (Å²) >= 11 is 0. The highest BCUT2D eigenvalue weighted by atomic mass is 16.5. The molecule has 1 N–H and O–H groups in total. The quantitative estimate of drug-likeness (QED) is 0.620. The first-order valence-electron chi connectivity index (χ1n) is 8.10. The molecule has 0 saturated heterocycles. The lowest BCUT2D eigenvalue weighted by atomic mass is 10.2. The minimum absolute atomic E-state index is 0.218. The second-order valence-electron chi connectivity index (χ2n) is 5.67. The number of benzene rings is 1. The zero-order chi connectivity index (χ0) is 18.2. The van der Waals surface area contributed by atoms with Gasteiger partial charge in [-0.2, -0.15) is 10.4 Å². The summed E-state index contributed by atoms with van der Waals surface area (Å²) in [6.45, 7) is 4.35. The Morgan fingerprint density at radius 2 is 2.24 bits per heavy atom. The van der Waals surface area contributed by atoms with Gasteiger partial charge in [-0.3, -0.25) is 9.48 Å². The predicted molar refractivity (Wildman–Crippen MR) is 97.1 cm³/mol. The van der Waals surface area contributed by atoms with E-state index in [4.69, 9.17) is 10.00 Å². The van der Waals surface area contributed by atoms with Crippen molar-refractivity contribution in [2.24, 2.45) is 7.05 Å². The van der Waals surface area contributed by atoms with Crippen LogP contribution < -0.4 is 10.1 Å². The number of hydrogen-bond acceptors (Lipinski definition) is 4. The Bertz CT molecular complexity index is 815. The van der Waals surface area contributed by atoms with Crippen LogP contribution in [0.2, 0.25) is 0 Å². The zero-order valence-corrected chi connectivity index (χ0v) is 14.7. The van der Waals surface area contributed by atoms with E-state index in [9.17, 15) is 4.79 Å². The van der Waals surface area contributed by atoms with E-state index in [0.29, 0.717) is 30.9 Å². The smallest absolute Gasteiger partial charge is 0.248 e. The molecule has 0 saturated carbocycles. The molecule has 0 radical (unpaired) electrons. The molecule has 0 aliphatic heterocycles. The predicted octanol–water partition coefficient (Wildman–Crippen LogP) is 3.37. The highest BCUT2D eigenvalue weighted by molar-refractivity contribution is 6.02. The van der Waals surface area contributed by atoms with Crippen molar-refractivity contribution in [2.45, 2.75) is 26.7 Å². The number of carbonyl (C=O) groups excluding carboxylic acids is 1. The van der Waals surface area contributed by atoms with E-state index in [-0.39, 0.29) is 5.91 Å². The van der Waals surface area contributed by atoms with Crippen LogP contribution in [0.15, 0.2) is 30.3 Å². The molecule has 130 valence electrons. The average Bonchev–Trinajstić information content (AvgIpc) is 2.82. The highest BCUT2D eigenvalue weighted by Gasteiger charge is 2.07. The van der Waals surface area contributed by atoms with Crippen molar-refractivity contribution in [1.29, 1.82) is 5.26 Å². The van der Waals surface area contributed by atoms with E-state index >= 15 is 0 Å². The molecule has 2 rings (SSSR count). The topological polar surface area (TPSA) is 79.9 Å². The van der Waals surface area contributed by atoms with E-state index < -0.39 is 0 Å². The van der Waals surface area contributed by atoms with Crippen molar-refractivity contribution >= 4 is 17.7 Å². The lowest BCUT2D eigenvalue weighted by molar-refractivity contribution is -0.111. The minimum Gasteiger partial charge on any atom is -0.493 e. The molecule has 1 aromatic heterocycles. The normalized spacial score (nSPS) is 10.6. The van der Waals surface area contributed by atoms with E-state index in [2.05, 4.69) is 16.5 Å². The molecule has 2 aromatic rings. The third-order valence-electron chi connectivity index (χ3n) is 3.77. The highest BCUT2D eigenvalue weighted by Crippen LogP contribution is 2.18. The van der Waals surface area contributed by atoms with Crippen LogP contribution in [-0.4, -0.2) is 22.3 Å². The Morgan fingerprint density at radius 3 is 2.92 bits per heavy atom. The number of aryl methyl sites for hydroxylation is 2. The molecule has 0 aliphatic carbocycles. The second kappa shape index (κ2) is 8.69. The first-order chi connectivity index (χ1) is 12.0. The van der Waals surface area contributed by atoms with E-state index in [0.717, 1.165) is 17.0 Å². The van der Waals surface area contributed by atoms with E-state index in [1.165, 1.54) is 6.08 Å². The van der Waals surface area contributed by atoms with Gasteiger partial charge in [0.05, 0.1) is 18.4 Å². The monoisotopic (exact) mass is 338 g/mol. The molecule has 0 fully saturated rings. The fourth-order valence-corrected chi connectivity index (χ4v) is 2.38. The fourth-order valence-electron chi connectivity index (χ4n) is 2.38. The number of anilines is 1. The Hall–Kier alpha value is -3.07. The number of rotatable bonds is 7. The van der Waals surface area contributed by atoms with Crippen molar-refractivity contribution in [1.82, 2.24) is 9.78 Å². The number of unbranched alkanes of at least 4 members (excludes halogenated alkanes) is 1. The molecular formula is C19H22N4O2. The molecular weight excluding hydrogens is 316 g/mol. The van der Waals surface area contributed by atoms with Crippen molar-refractivity contribution in [3.8, 4) is 11.8 Å². The molecule has 0 bridgehead atoms. The zero-order valence-electron chi connectivity index (χ0n) is 14.7. The van der Waals surface area contributed by atoms with Crippen LogP contribution in [0.4, 0.5) is 5.69 Å². The summed E-state index contributed by atoms with van der Waals surface area (Å²) < 4.78 is 7.35. The number of amides is 1. The molecule has 0 atom stereocenters. The molecule has 1 heterocycles. The average molecular weight is 338 g/mol. The molecule has 25 heavy (non-hydrogen) atoms. The second-order valence-corrected chi connectivity index (χ2v) is 5.67. The van der Waals surface area contributed by atoms with E-state index in [1.807, 2.05) is 33.0 Å². The lowest BCUT2D eigenvalue weighted by Crippen LogP contribution is -2.08. The van der Waals surface area contributed by atoms with Gasteiger partial charge in [0.15, 0.2) is 0 Å². The van der Waals surface area contributed by atoms with Gasteiger partial charge in [0.2, 0.25) is 5.91 Å². The maximum Gasteiger partial charge on any atom is 0.248 e. The number of nitrogens with zero attached hydrogens (tertiary/aromatic N) is 3. The number of aromatic nitrogens is 2. The number of nitriles is 1. The van der Waals surface area contributed by atoms with Gasteiger partial charge in [0.1, 0.15) is 5.75 Å². The van der Waals surface area contributed by atoms with Crippen molar-refractivity contribution in [3.05, 3.63) is 47.3 Å². The number of hydrogen-bond donors (Lipinski definition) is 1. The Balaban J connectivity index is 1.96. The summed E-state index contributed by atoms with van der Waals surface area (Å²) in [6, 6.07) is 9.27. The van der Waals surface area contributed by atoms with Gasteiger partial charge in [0.25, 0.3) is 0 Å². The Kier molecular flexibility index (Phi) is 6.35. The summed E-state index contributed by atoms with van der Waals surface area (Å²) in [5.74, 6) is 0.447.